The number of alkyl halides is 3. The summed E-state index contributed by atoms with van der Waals surface area (Å²) in [6.07, 6.45) is -3.10. The molecule has 1 fully saturated rings. The SMILES string of the molecule is N#Cc1ccc(NC2CCC(C(=O)O)C2)cc1C(F)(F)F. The Hall–Kier alpha value is -2.23. The third kappa shape index (κ3) is 3.45. The average Bonchev–Trinajstić information content (AvgIpc) is 2.86. The zero-order valence-electron chi connectivity index (χ0n) is 10.9. The van der Waals surface area contributed by atoms with Gasteiger partial charge in [-0.3, -0.25) is 4.79 Å². The molecule has 2 unspecified atom stereocenters. The average molecular weight is 298 g/mol. The zero-order chi connectivity index (χ0) is 15.6. The molecule has 0 bridgehead atoms. The molecule has 1 saturated carbocycles. The fourth-order valence-electron chi connectivity index (χ4n) is 2.54. The number of carbonyl (C=O) groups is 1. The van der Waals surface area contributed by atoms with Gasteiger partial charge in [-0.15, -0.1) is 0 Å². The largest absolute Gasteiger partial charge is 0.481 e. The molecule has 0 spiro atoms. The van der Waals surface area contributed by atoms with Crippen molar-refractivity contribution in [3.63, 3.8) is 0 Å². The molecule has 1 aliphatic carbocycles. The first-order valence-corrected chi connectivity index (χ1v) is 6.42. The molecule has 2 atom stereocenters. The lowest BCUT2D eigenvalue weighted by Crippen LogP contribution is -2.18. The lowest BCUT2D eigenvalue weighted by molar-refractivity contribution is -0.141. The molecule has 0 heterocycles. The highest BCUT2D eigenvalue weighted by molar-refractivity contribution is 5.70. The van der Waals surface area contributed by atoms with Crippen molar-refractivity contribution in [1.82, 2.24) is 0 Å². The minimum absolute atomic E-state index is 0.167. The van der Waals surface area contributed by atoms with E-state index in [1.807, 2.05) is 0 Å². The van der Waals surface area contributed by atoms with Crippen LogP contribution in [0, 0.1) is 17.2 Å². The van der Waals surface area contributed by atoms with Gasteiger partial charge < -0.3 is 10.4 Å². The summed E-state index contributed by atoms with van der Waals surface area (Å²) in [6, 6.07) is 4.77. The number of rotatable bonds is 3. The van der Waals surface area contributed by atoms with Crippen LogP contribution in [-0.2, 0) is 11.0 Å². The number of hydrogen-bond donors (Lipinski definition) is 2. The molecule has 2 rings (SSSR count). The molecule has 1 aromatic carbocycles. The Morgan fingerprint density at radius 2 is 2.10 bits per heavy atom. The number of nitrogens with one attached hydrogen (secondary N) is 1. The maximum atomic E-state index is 12.8. The van der Waals surface area contributed by atoms with Crippen molar-refractivity contribution in [3.8, 4) is 6.07 Å². The Morgan fingerprint density at radius 3 is 2.62 bits per heavy atom. The number of aliphatic carboxylic acids is 1. The van der Waals surface area contributed by atoms with Gasteiger partial charge in [-0.1, -0.05) is 0 Å². The van der Waals surface area contributed by atoms with Crippen LogP contribution in [0.5, 0.6) is 0 Å². The minimum Gasteiger partial charge on any atom is -0.481 e. The Kier molecular flexibility index (Phi) is 4.07. The molecule has 112 valence electrons. The van der Waals surface area contributed by atoms with E-state index in [2.05, 4.69) is 5.32 Å². The van der Waals surface area contributed by atoms with Crippen molar-refractivity contribution in [2.45, 2.75) is 31.5 Å². The molecular weight excluding hydrogens is 285 g/mol. The quantitative estimate of drug-likeness (QED) is 0.898. The molecule has 21 heavy (non-hydrogen) atoms. The smallest absolute Gasteiger partial charge is 0.417 e. The first-order chi connectivity index (χ1) is 9.81. The van der Waals surface area contributed by atoms with Gasteiger partial charge in [-0.05, 0) is 37.5 Å². The van der Waals surface area contributed by atoms with Gasteiger partial charge >= 0.3 is 12.1 Å². The van der Waals surface area contributed by atoms with Crippen LogP contribution in [0.4, 0.5) is 18.9 Å². The molecule has 7 heteroatoms. The standard InChI is InChI=1S/C14H13F3N2O2/c15-14(16,17)12-6-11(4-2-9(12)7-18)19-10-3-1-8(5-10)13(20)21/h2,4,6,8,10,19H,1,3,5H2,(H,20,21). The third-order valence-electron chi connectivity index (χ3n) is 3.60. The van der Waals surface area contributed by atoms with E-state index in [1.54, 1.807) is 0 Å². The van der Waals surface area contributed by atoms with Crippen LogP contribution in [0.3, 0.4) is 0 Å². The van der Waals surface area contributed by atoms with Crippen LogP contribution < -0.4 is 5.32 Å². The van der Waals surface area contributed by atoms with Gasteiger partial charge in [0.1, 0.15) is 0 Å². The summed E-state index contributed by atoms with van der Waals surface area (Å²) in [4.78, 5) is 10.9. The van der Waals surface area contributed by atoms with Crippen molar-refractivity contribution in [1.29, 1.82) is 5.26 Å². The third-order valence-corrected chi connectivity index (χ3v) is 3.60. The van der Waals surface area contributed by atoms with E-state index in [0.717, 1.165) is 12.1 Å². The highest BCUT2D eigenvalue weighted by Crippen LogP contribution is 2.35. The summed E-state index contributed by atoms with van der Waals surface area (Å²) in [5.74, 6) is -1.34. The van der Waals surface area contributed by atoms with Gasteiger partial charge in [0, 0.05) is 11.7 Å². The van der Waals surface area contributed by atoms with Crippen molar-refractivity contribution >= 4 is 11.7 Å². The van der Waals surface area contributed by atoms with Crippen LogP contribution in [0.25, 0.3) is 0 Å². The summed E-state index contributed by atoms with van der Waals surface area (Å²) in [5, 5.41) is 20.5. The molecule has 1 aliphatic rings. The van der Waals surface area contributed by atoms with Gasteiger partial charge in [-0.25, -0.2) is 0 Å². The van der Waals surface area contributed by atoms with Gasteiger partial charge in [0.2, 0.25) is 0 Å². The number of carboxylic acid groups (broad SMARTS) is 1. The minimum atomic E-state index is -4.60. The number of anilines is 1. The second-order valence-corrected chi connectivity index (χ2v) is 5.06. The summed E-state index contributed by atoms with van der Waals surface area (Å²) in [5.41, 5.74) is -1.16. The van der Waals surface area contributed by atoms with Gasteiger partial charge in [0.15, 0.2) is 0 Å². The molecule has 0 radical (unpaired) electrons. The molecular formula is C14H13F3N2O2. The van der Waals surface area contributed by atoms with Crippen molar-refractivity contribution in [3.05, 3.63) is 29.3 Å². The molecule has 0 saturated heterocycles. The summed E-state index contributed by atoms with van der Waals surface area (Å²) in [6.45, 7) is 0. The lowest BCUT2D eigenvalue weighted by Gasteiger charge is -2.16. The second-order valence-electron chi connectivity index (χ2n) is 5.06. The number of benzene rings is 1. The van der Waals surface area contributed by atoms with Crippen LogP contribution >= 0.6 is 0 Å². The number of nitriles is 1. The van der Waals surface area contributed by atoms with E-state index in [4.69, 9.17) is 10.4 Å². The van der Waals surface area contributed by atoms with E-state index in [9.17, 15) is 18.0 Å². The first kappa shape index (κ1) is 15.2. The normalized spacial score (nSPS) is 21.8. The number of nitrogens with zero attached hydrogens (tertiary/aromatic N) is 1. The highest BCUT2D eigenvalue weighted by atomic mass is 19.4. The molecule has 4 nitrogen and oxygen atoms in total. The highest BCUT2D eigenvalue weighted by Gasteiger charge is 2.34. The van der Waals surface area contributed by atoms with Gasteiger partial charge in [-0.2, -0.15) is 18.4 Å². The van der Waals surface area contributed by atoms with Gasteiger partial charge in [0.25, 0.3) is 0 Å². The summed E-state index contributed by atoms with van der Waals surface area (Å²) in [7, 11) is 0. The molecule has 1 aromatic rings. The Labute approximate surface area is 119 Å². The van der Waals surface area contributed by atoms with Crippen molar-refractivity contribution in [2.75, 3.05) is 5.32 Å². The fraction of sp³-hybridized carbons (Fsp3) is 0.429. The maximum absolute atomic E-state index is 12.8. The Balaban J connectivity index is 2.16. The summed E-state index contributed by atoms with van der Waals surface area (Å²) >= 11 is 0. The fourth-order valence-corrected chi connectivity index (χ4v) is 2.54. The van der Waals surface area contributed by atoms with E-state index >= 15 is 0 Å². The van der Waals surface area contributed by atoms with Crippen LogP contribution in [0.15, 0.2) is 18.2 Å². The van der Waals surface area contributed by atoms with Crippen LogP contribution in [0.1, 0.15) is 30.4 Å². The zero-order valence-corrected chi connectivity index (χ0v) is 10.9. The maximum Gasteiger partial charge on any atom is 0.417 e. The topological polar surface area (TPSA) is 73.1 Å². The Bertz CT molecular complexity index is 593. The lowest BCUT2D eigenvalue weighted by atomic mass is 10.1. The van der Waals surface area contributed by atoms with E-state index in [0.29, 0.717) is 19.3 Å². The van der Waals surface area contributed by atoms with E-state index in [-0.39, 0.29) is 11.7 Å². The number of halogens is 3. The van der Waals surface area contributed by atoms with Gasteiger partial charge in [0.05, 0.1) is 23.1 Å². The second kappa shape index (κ2) is 5.64. The predicted molar refractivity (Wildman–Crippen MR) is 68.5 cm³/mol. The summed E-state index contributed by atoms with van der Waals surface area (Å²) < 4.78 is 38.5. The van der Waals surface area contributed by atoms with E-state index in [1.165, 1.54) is 12.1 Å². The van der Waals surface area contributed by atoms with Crippen LogP contribution in [0.2, 0.25) is 0 Å². The number of hydrogen-bond acceptors (Lipinski definition) is 3. The first-order valence-electron chi connectivity index (χ1n) is 6.42. The Morgan fingerprint density at radius 1 is 1.38 bits per heavy atom. The predicted octanol–water partition coefficient (Wildman–Crippen LogP) is 3.24. The molecule has 0 aromatic heterocycles. The number of carboxylic acids is 1. The van der Waals surface area contributed by atoms with Crippen molar-refractivity contribution < 1.29 is 23.1 Å². The molecule has 0 amide bonds. The van der Waals surface area contributed by atoms with E-state index < -0.39 is 29.2 Å². The van der Waals surface area contributed by atoms with Crippen LogP contribution in [-0.4, -0.2) is 17.1 Å². The monoisotopic (exact) mass is 298 g/mol. The molecule has 0 aliphatic heterocycles. The van der Waals surface area contributed by atoms with Crippen molar-refractivity contribution in [2.24, 2.45) is 5.92 Å². The molecule has 2 N–H and O–H groups in total.